The second-order valence-electron chi connectivity index (χ2n) is 5.53. The molecule has 0 unspecified atom stereocenters. The topological polar surface area (TPSA) is 110 Å². The summed E-state index contributed by atoms with van der Waals surface area (Å²) in [6.07, 6.45) is 5.92. The number of thioether (sulfide) groups is 1. The van der Waals surface area contributed by atoms with Crippen LogP contribution in [0.1, 0.15) is 27.9 Å². The Balaban J connectivity index is 0.000000212. The Morgan fingerprint density at radius 1 is 1.08 bits per heavy atom. The van der Waals surface area contributed by atoms with E-state index in [1.807, 2.05) is 0 Å². The van der Waals surface area contributed by atoms with Crippen LogP contribution in [0, 0.1) is 0 Å². The van der Waals surface area contributed by atoms with Gasteiger partial charge >= 0.3 is 5.97 Å². The number of amides is 1. The zero-order valence-corrected chi connectivity index (χ0v) is 14.9. The molecule has 1 aliphatic heterocycles. The number of aromatic nitrogens is 4. The fourth-order valence-corrected chi connectivity index (χ4v) is 3.18. The summed E-state index contributed by atoms with van der Waals surface area (Å²) in [5.74, 6) is -0.963. The minimum atomic E-state index is -0.949. The Morgan fingerprint density at radius 3 is 1.96 bits per heavy atom. The molecule has 2 aromatic rings. The van der Waals surface area contributed by atoms with Gasteiger partial charge in [0.2, 0.25) is 0 Å². The molecule has 1 amide bonds. The molecular weight excluding hydrogens is 346 g/mol. The monoisotopic (exact) mass is 365 g/mol. The molecule has 0 aliphatic carbocycles. The van der Waals surface area contributed by atoms with Crippen molar-refractivity contribution >= 4 is 28.8 Å². The van der Waals surface area contributed by atoms with Gasteiger partial charge in [-0.15, -0.1) is 0 Å². The summed E-state index contributed by atoms with van der Waals surface area (Å²) in [7, 11) is 3.43. The van der Waals surface area contributed by atoms with Crippen molar-refractivity contribution in [2.45, 2.75) is 12.2 Å². The zero-order valence-electron chi connectivity index (χ0n) is 14.1. The molecule has 0 saturated carbocycles. The number of hydrogen-bond acceptors (Lipinski definition) is 6. The van der Waals surface area contributed by atoms with Gasteiger partial charge in [0.05, 0.1) is 25.0 Å². The molecule has 0 bridgehead atoms. The molecule has 0 spiro atoms. The van der Waals surface area contributed by atoms with E-state index in [4.69, 9.17) is 5.11 Å². The molecule has 1 N–H and O–H groups in total. The fourth-order valence-electron chi connectivity index (χ4n) is 2.20. The standard InChI is InChI=1S/C10H13N3O2S.C5H6N2O2/c1-7(14)16-8-4-13(5-8)10(15)9-3-11-6-12(9)2;1-7-3-6-2-4(7)5(8)9/h3,6,8H,4-5H2,1-2H3;2-3H,1H3,(H,8,9). The Labute approximate surface area is 148 Å². The molecule has 1 aliphatic rings. The lowest BCUT2D eigenvalue weighted by Crippen LogP contribution is -2.52. The van der Waals surface area contributed by atoms with Crippen LogP contribution in [0.3, 0.4) is 0 Å². The van der Waals surface area contributed by atoms with E-state index < -0.39 is 5.97 Å². The molecule has 134 valence electrons. The van der Waals surface area contributed by atoms with Gasteiger partial charge in [-0.2, -0.15) is 0 Å². The highest BCUT2D eigenvalue weighted by Crippen LogP contribution is 2.24. The Morgan fingerprint density at radius 2 is 1.60 bits per heavy atom. The van der Waals surface area contributed by atoms with Crippen LogP contribution in [0.5, 0.6) is 0 Å². The second-order valence-corrected chi connectivity index (χ2v) is 7.00. The predicted molar refractivity (Wildman–Crippen MR) is 91.3 cm³/mol. The van der Waals surface area contributed by atoms with Crippen LogP contribution in [-0.4, -0.2) is 64.4 Å². The number of likely N-dealkylation sites (tertiary alicyclic amines) is 1. The molecule has 10 heteroatoms. The number of carboxylic acid groups (broad SMARTS) is 1. The van der Waals surface area contributed by atoms with Crippen LogP contribution in [0.15, 0.2) is 25.0 Å². The van der Waals surface area contributed by atoms with E-state index in [-0.39, 0.29) is 22.0 Å². The van der Waals surface area contributed by atoms with Gasteiger partial charge in [-0.1, -0.05) is 11.8 Å². The number of imidazole rings is 2. The number of aromatic carboxylic acids is 1. The quantitative estimate of drug-likeness (QED) is 0.850. The third-order valence-corrected chi connectivity index (χ3v) is 4.50. The van der Waals surface area contributed by atoms with Crippen molar-refractivity contribution in [3.05, 3.63) is 36.4 Å². The minimum absolute atomic E-state index is 0.0135. The Hall–Kier alpha value is -2.62. The average Bonchev–Trinajstić information content (AvgIpc) is 3.10. The molecule has 1 saturated heterocycles. The lowest BCUT2D eigenvalue weighted by molar-refractivity contribution is -0.109. The fraction of sp³-hybridized carbons (Fsp3) is 0.400. The third kappa shape index (κ3) is 4.69. The van der Waals surface area contributed by atoms with E-state index >= 15 is 0 Å². The molecule has 0 radical (unpaired) electrons. The molecule has 0 atom stereocenters. The normalized spacial score (nSPS) is 13.6. The zero-order chi connectivity index (χ0) is 18.6. The SMILES string of the molecule is CC(=O)SC1CN(C(=O)c2cncn2C)C1.Cn1cncc1C(=O)O. The van der Waals surface area contributed by atoms with Crippen LogP contribution < -0.4 is 0 Å². The van der Waals surface area contributed by atoms with Gasteiger partial charge in [0.1, 0.15) is 11.4 Å². The van der Waals surface area contributed by atoms with E-state index in [0.717, 1.165) is 0 Å². The smallest absolute Gasteiger partial charge is 0.354 e. The molecule has 3 rings (SSSR count). The number of carboxylic acids is 1. The van der Waals surface area contributed by atoms with Gasteiger partial charge in [0.25, 0.3) is 5.91 Å². The van der Waals surface area contributed by atoms with Gasteiger partial charge in [0.15, 0.2) is 5.12 Å². The highest BCUT2D eigenvalue weighted by molar-refractivity contribution is 8.14. The van der Waals surface area contributed by atoms with Gasteiger partial charge in [-0.25, -0.2) is 14.8 Å². The van der Waals surface area contributed by atoms with Crippen LogP contribution in [0.25, 0.3) is 0 Å². The number of rotatable bonds is 3. The average molecular weight is 365 g/mol. The first-order valence-corrected chi connectivity index (χ1v) is 8.30. The van der Waals surface area contributed by atoms with Gasteiger partial charge in [-0.05, 0) is 0 Å². The summed E-state index contributed by atoms with van der Waals surface area (Å²) < 4.78 is 3.15. The first kappa shape index (κ1) is 18.7. The minimum Gasteiger partial charge on any atom is -0.477 e. The van der Waals surface area contributed by atoms with Crippen molar-refractivity contribution in [1.82, 2.24) is 24.0 Å². The summed E-state index contributed by atoms with van der Waals surface area (Å²) in [4.78, 5) is 42.3. The van der Waals surface area contributed by atoms with Crippen LogP contribution in [0.2, 0.25) is 0 Å². The van der Waals surface area contributed by atoms with E-state index in [2.05, 4.69) is 9.97 Å². The second kappa shape index (κ2) is 7.97. The maximum atomic E-state index is 11.9. The van der Waals surface area contributed by atoms with Gasteiger partial charge in [-0.3, -0.25) is 9.59 Å². The number of nitrogens with zero attached hydrogens (tertiary/aromatic N) is 5. The molecule has 25 heavy (non-hydrogen) atoms. The summed E-state index contributed by atoms with van der Waals surface area (Å²) >= 11 is 1.31. The third-order valence-electron chi connectivity index (χ3n) is 3.54. The summed E-state index contributed by atoms with van der Waals surface area (Å²) in [5.41, 5.74) is 0.793. The van der Waals surface area contributed by atoms with E-state index in [1.165, 1.54) is 28.9 Å². The van der Waals surface area contributed by atoms with E-state index in [9.17, 15) is 14.4 Å². The molecular formula is C15H19N5O4S. The number of hydrogen-bond donors (Lipinski definition) is 1. The molecule has 3 heterocycles. The van der Waals surface area contributed by atoms with Crippen LogP contribution in [-0.2, 0) is 18.9 Å². The highest BCUT2D eigenvalue weighted by Gasteiger charge is 2.33. The number of aryl methyl sites for hydroxylation is 2. The summed E-state index contributed by atoms with van der Waals surface area (Å²) in [5, 5.41) is 8.76. The number of carbonyl (C=O) groups excluding carboxylic acids is 2. The lowest BCUT2D eigenvalue weighted by atomic mass is 10.2. The summed E-state index contributed by atoms with van der Waals surface area (Å²) in [6.45, 7) is 2.85. The predicted octanol–water partition coefficient (Wildman–Crippen LogP) is 0.642. The number of carbonyl (C=O) groups is 3. The van der Waals surface area contributed by atoms with Crippen molar-refractivity contribution in [3.8, 4) is 0 Å². The van der Waals surface area contributed by atoms with E-state index in [0.29, 0.717) is 18.8 Å². The maximum Gasteiger partial charge on any atom is 0.354 e. The van der Waals surface area contributed by atoms with Crippen molar-refractivity contribution in [3.63, 3.8) is 0 Å². The van der Waals surface area contributed by atoms with Crippen molar-refractivity contribution < 1.29 is 19.5 Å². The van der Waals surface area contributed by atoms with Crippen LogP contribution in [0.4, 0.5) is 0 Å². The van der Waals surface area contributed by atoms with Crippen molar-refractivity contribution in [2.24, 2.45) is 14.1 Å². The Bertz CT molecular complexity index is 778. The molecule has 9 nitrogen and oxygen atoms in total. The Kier molecular flexibility index (Phi) is 5.97. The van der Waals surface area contributed by atoms with Crippen LogP contribution >= 0.6 is 11.8 Å². The highest BCUT2D eigenvalue weighted by atomic mass is 32.2. The molecule has 0 aromatic carbocycles. The van der Waals surface area contributed by atoms with E-state index in [1.54, 1.807) is 43.0 Å². The van der Waals surface area contributed by atoms with Gasteiger partial charge < -0.3 is 19.1 Å². The van der Waals surface area contributed by atoms with Gasteiger partial charge in [0, 0.05) is 39.4 Å². The van der Waals surface area contributed by atoms with Crippen molar-refractivity contribution in [2.75, 3.05) is 13.1 Å². The molecule has 1 fully saturated rings. The summed E-state index contributed by atoms with van der Waals surface area (Å²) in [6, 6.07) is 0. The first-order valence-electron chi connectivity index (χ1n) is 7.42. The lowest BCUT2D eigenvalue weighted by Gasteiger charge is -2.38. The maximum absolute atomic E-state index is 11.9. The largest absolute Gasteiger partial charge is 0.477 e. The molecule has 2 aromatic heterocycles. The van der Waals surface area contributed by atoms with Crippen molar-refractivity contribution in [1.29, 1.82) is 0 Å². The first-order chi connectivity index (χ1) is 11.8.